The molecule has 0 aliphatic carbocycles. The number of benzene rings is 1. The molecule has 2 rings (SSSR count). The van der Waals surface area contributed by atoms with E-state index in [9.17, 15) is 4.79 Å². The highest BCUT2D eigenvalue weighted by molar-refractivity contribution is 5.96. The number of hydrogen-bond donors (Lipinski definition) is 2. The van der Waals surface area contributed by atoms with Crippen LogP contribution in [-0.2, 0) is 4.79 Å². The molecule has 1 aromatic carbocycles. The summed E-state index contributed by atoms with van der Waals surface area (Å²) >= 11 is 0. The van der Waals surface area contributed by atoms with Crippen molar-refractivity contribution in [1.82, 2.24) is 15.3 Å². The van der Waals surface area contributed by atoms with Crippen LogP contribution in [0.2, 0.25) is 0 Å². The molecule has 0 unspecified atom stereocenters. The third kappa shape index (κ3) is 3.04. The summed E-state index contributed by atoms with van der Waals surface area (Å²) in [6, 6.07) is 5.90. The van der Waals surface area contributed by atoms with Gasteiger partial charge in [0.1, 0.15) is 0 Å². The number of aromatic nitrogens is 2. The first kappa shape index (κ1) is 12.9. The van der Waals surface area contributed by atoms with Crippen molar-refractivity contribution < 1.29 is 4.79 Å². The fourth-order valence-corrected chi connectivity index (χ4v) is 1.75. The highest BCUT2D eigenvalue weighted by Crippen LogP contribution is 2.19. The first-order valence-corrected chi connectivity index (χ1v) is 5.82. The van der Waals surface area contributed by atoms with E-state index < -0.39 is 0 Å². The normalized spacial score (nSPS) is 11.6. The van der Waals surface area contributed by atoms with E-state index >= 15 is 0 Å². The molecule has 1 heterocycles. The number of aryl methyl sites for hydroxylation is 2. The molecule has 6 heteroatoms. The van der Waals surface area contributed by atoms with Gasteiger partial charge in [-0.25, -0.2) is 9.97 Å². The Hall–Kier alpha value is -2.50. The van der Waals surface area contributed by atoms with Crippen LogP contribution in [0.25, 0.3) is 10.9 Å². The zero-order valence-electron chi connectivity index (χ0n) is 11.1. The van der Waals surface area contributed by atoms with Gasteiger partial charge in [-0.2, -0.15) is 4.99 Å². The van der Waals surface area contributed by atoms with Gasteiger partial charge in [0.25, 0.3) is 5.95 Å². The maximum atomic E-state index is 10.8. The predicted octanol–water partition coefficient (Wildman–Crippen LogP) is 1.33. The number of carbonyl (C=O) groups is 1. The van der Waals surface area contributed by atoms with E-state index in [1.807, 2.05) is 32.0 Å². The second-order valence-electron chi connectivity index (χ2n) is 4.31. The number of rotatable bonds is 1. The zero-order valence-corrected chi connectivity index (χ0v) is 11.1. The van der Waals surface area contributed by atoms with Crippen LogP contribution in [0, 0.1) is 13.8 Å². The minimum absolute atomic E-state index is 0.0154. The lowest BCUT2D eigenvalue weighted by atomic mass is 10.1. The summed E-state index contributed by atoms with van der Waals surface area (Å²) in [6.07, 6.45) is 0. The van der Waals surface area contributed by atoms with Gasteiger partial charge in [-0.3, -0.25) is 10.1 Å². The summed E-state index contributed by atoms with van der Waals surface area (Å²) in [4.78, 5) is 23.4. The van der Waals surface area contributed by atoms with E-state index in [4.69, 9.17) is 5.73 Å². The Balaban J connectivity index is 2.46. The molecular formula is C13H15N5O. The number of guanidine groups is 1. The van der Waals surface area contributed by atoms with Gasteiger partial charge in [0.2, 0.25) is 11.9 Å². The first-order valence-electron chi connectivity index (χ1n) is 5.82. The summed E-state index contributed by atoms with van der Waals surface area (Å²) in [5.41, 5.74) is 8.33. The quantitative estimate of drug-likeness (QED) is 0.595. The minimum atomic E-state index is -0.283. The number of hydrogen-bond acceptors (Lipinski definition) is 4. The van der Waals surface area contributed by atoms with Gasteiger partial charge >= 0.3 is 0 Å². The topological polar surface area (TPSA) is 93.3 Å². The first-order chi connectivity index (χ1) is 8.95. The van der Waals surface area contributed by atoms with E-state index in [-0.39, 0.29) is 17.8 Å². The molecule has 0 aliphatic rings. The zero-order chi connectivity index (χ0) is 14.0. The van der Waals surface area contributed by atoms with Crippen molar-refractivity contribution in [3.63, 3.8) is 0 Å². The number of carbonyl (C=O) groups excluding carboxylic acids is 1. The van der Waals surface area contributed by atoms with Crippen molar-refractivity contribution in [3.05, 3.63) is 29.5 Å². The molecule has 98 valence electrons. The Labute approximate surface area is 110 Å². The maximum Gasteiger partial charge on any atom is 0.253 e. The van der Waals surface area contributed by atoms with Crippen LogP contribution in [0.5, 0.6) is 0 Å². The van der Waals surface area contributed by atoms with Crippen molar-refractivity contribution >= 4 is 28.7 Å². The monoisotopic (exact) mass is 257 g/mol. The Morgan fingerprint density at radius 2 is 2.05 bits per heavy atom. The highest BCUT2D eigenvalue weighted by atomic mass is 16.1. The minimum Gasteiger partial charge on any atom is -0.369 e. The smallest absolute Gasteiger partial charge is 0.253 e. The Morgan fingerprint density at radius 1 is 1.32 bits per heavy atom. The van der Waals surface area contributed by atoms with E-state index in [1.165, 1.54) is 6.92 Å². The number of aliphatic imine (C=N–C) groups is 1. The second kappa shape index (κ2) is 5.01. The average Bonchev–Trinajstić information content (AvgIpc) is 2.29. The number of nitrogens with two attached hydrogens (primary N) is 1. The summed E-state index contributed by atoms with van der Waals surface area (Å²) in [5, 5.41) is 3.36. The lowest BCUT2D eigenvalue weighted by molar-refractivity contribution is -0.117. The van der Waals surface area contributed by atoms with Gasteiger partial charge in [0.05, 0.1) is 11.2 Å². The maximum absolute atomic E-state index is 10.8. The molecule has 0 aliphatic heterocycles. The third-order valence-corrected chi connectivity index (χ3v) is 2.55. The van der Waals surface area contributed by atoms with E-state index in [1.54, 1.807) is 0 Å². The van der Waals surface area contributed by atoms with Crippen LogP contribution < -0.4 is 11.1 Å². The molecule has 0 atom stereocenters. The highest BCUT2D eigenvalue weighted by Gasteiger charge is 2.05. The molecule has 1 amide bonds. The van der Waals surface area contributed by atoms with Crippen LogP contribution in [0.1, 0.15) is 18.2 Å². The molecule has 0 spiro atoms. The van der Waals surface area contributed by atoms with Crippen LogP contribution in [0.3, 0.4) is 0 Å². The molecule has 0 saturated heterocycles. The Kier molecular flexibility index (Phi) is 3.41. The van der Waals surface area contributed by atoms with Gasteiger partial charge in [0, 0.05) is 12.3 Å². The second-order valence-corrected chi connectivity index (χ2v) is 4.31. The Bertz CT molecular complexity index is 678. The van der Waals surface area contributed by atoms with E-state index in [0.717, 1.165) is 22.2 Å². The third-order valence-electron chi connectivity index (χ3n) is 2.55. The van der Waals surface area contributed by atoms with Gasteiger partial charge in [-0.15, -0.1) is 0 Å². The van der Waals surface area contributed by atoms with Crippen LogP contribution in [0.15, 0.2) is 23.2 Å². The van der Waals surface area contributed by atoms with Crippen LogP contribution in [-0.4, -0.2) is 21.8 Å². The SMILES string of the molecule is CC(=O)N/C(N)=N/c1nc(C)c2cc(C)ccc2n1. The van der Waals surface area contributed by atoms with E-state index in [0.29, 0.717) is 0 Å². The lowest BCUT2D eigenvalue weighted by Gasteiger charge is -2.04. The van der Waals surface area contributed by atoms with E-state index in [2.05, 4.69) is 20.3 Å². The fourth-order valence-electron chi connectivity index (χ4n) is 1.75. The molecular weight excluding hydrogens is 242 g/mol. The summed E-state index contributed by atoms with van der Waals surface area (Å²) < 4.78 is 0. The van der Waals surface area contributed by atoms with Gasteiger partial charge in [-0.05, 0) is 26.0 Å². The molecule has 19 heavy (non-hydrogen) atoms. The summed E-state index contributed by atoms with van der Waals surface area (Å²) in [5.74, 6) is -0.0622. The van der Waals surface area contributed by atoms with Gasteiger partial charge < -0.3 is 5.73 Å². The molecule has 0 saturated carbocycles. The number of amides is 1. The van der Waals surface area contributed by atoms with Gasteiger partial charge in [0.15, 0.2) is 0 Å². The molecule has 2 aromatic rings. The van der Waals surface area contributed by atoms with Crippen molar-refractivity contribution in [3.8, 4) is 0 Å². The molecule has 6 nitrogen and oxygen atoms in total. The van der Waals surface area contributed by atoms with Crippen LogP contribution in [0.4, 0.5) is 5.95 Å². The largest absolute Gasteiger partial charge is 0.369 e. The summed E-state index contributed by atoms with van der Waals surface area (Å²) in [6.45, 7) is 5.26. The van der Waals surface area contributed by atoms with Crippen molar-refractivity contribution in [2.45, 2.75) is 20.8 Å². The molecule has 3 N–H and O–H groups in total. The predicted molar refractivity (Wildman–Crippen MR) is 74.1 cm³/mol. The van der Waals surface area contributed by atoms with Crippen molar-refractivity contribution in [2.75, 3.05) is 0 Å². The standard InChI is InChI=1S/C13H15N5O/c1-7-4-5-11-10(6-7)8(2)15-13(17-11)18-12(14)16-9(3)19/h4-6H,1-3H3,(H3,14,15,16,17,18,19). The van der Waals surface area contributed by atoms with Crippen molar-refractivity contribution in [2.24, 2.45) is 10.7 Å². The molecule has 0 bridgehead atoms. The number of fused-ring (bicyclic) bond motifs is 1. The number of nitrogens with zero attached hydrogens (tertiary/aromatic N) is 3. The van der Waals surface area contributed by atoms with Crippen molar-refractivity contribution in [1.29, 1.82) is 0 Å². The van der Waals surface area contributed by atoms with Gasteiger partial charge in [-0.1, -0.05) is 11.6 Å². The molecule has 1 aromatic heterocycles. The van der Waals surface area contributed by atoms with Crippen LogP contribution >= 0.6 is 0 Å². The number of nitrogens with one attached hydrogen (secondary N) is 1. The molecule has 0 fully saturated rings. The molecule has 0 radical (unpaired) electrons. The fraction of sp³-hybridized carbons (Fsp3) is 0.231. The Morgan fingerprint density at radius 3 is 2.74 bits per heavy atom. The average molecular weight is 257 g/mol. The summed E-state index contributed by atoms with van der Waals surface area (Å²) in [7, 11) is 0. The lowest BCUT2D eigenvalue weighted by Crippen LogP contribution is -2.34.